The Kier molecular flexibility index (Phi) is 11.7. The maximum absolute atomic E-state index is 13.7. The second-order valence-electron chi connectivity index (χ2n) is 11.7. The Morgan fingerprint density at radius 1 is 0.860 bits per heavy atom. The molecule has 0 fully saturated rings. The van der Waals surface area contributed by atoms with E-state index in [1.807, 2.05) is 56.3 Å². The number of Topliss-reactive ketones (excluding diaryl/α,β-unsaturated/α-hetero) is 1. The number of nitrogens with one attached hydrogen (secondary N) is 1. The van der Waals surface area contributed by atoms with Gasteiger partial charge in [-0.3, -0.25) is 4.79 Å². The summed E-state index contributed by atoms with van der Waals surface area (Å²) in [5.41, 5.74) is 1.01. The van der Waals surface area contributed by atoms with Gasteiger partial charge in [0.05, 0.1) is 24.6 Å². The SMILES string of the molecule is COc1ccc(S(=O)(=O)N(CC(=O)[C@H](Cc2ccc(OCc3ccccc3)cc2)NC(=O)OC(C)(C)C)CC(C)C)cc1. The van der Waals surface area contributed by atoms with E-state index in [9.17, 15) is 18.0 Å². The first-order valence-electron chi connectivity index (χ1n) is 14.2. The van der Waals surface area contributed by atoms with Gasteiger partial charge in [-0.15, -0.1) is 0 Å². The second kappa shape index (κ2) is 15.0. The molecule has 0 aliphatic heterocycles. The van der Waals surface area contributed by atoms with Crippen molar-refractivity contribution in [3.05, 3.63) is 90.0 Å². The molecule has 43 heavy (non-hydrogen) atoms. The van der Waals surface area contributed by atoms with Crippen LogP contribution >= 0.6 is 0 Å². The van der Waals surface area contributed by atoms with Crippen LogP contribution in [0.15, 0.2) is 83.8 Å². The number of alkyl carbamates (subject to hydrolysis) is 1. The van der Waals surface area contributed by atoms with E-state index in [1.54, 1.807) is 45.0 Å². The van der Waals surface area contributed by atoms with Crippen LogP contribution < -0.4 is 14.8 Å². The first-order valence-corrected chi connectivity index (χ1v) is 15.6. The largest absolute Gasteiger partial charge is 0.497 e. The van der Waals surface area contributed by atoms with Gasteiger partial charge in [0, 0.05) is 6.54 Å². The molecule has 0 bridgehead atoms. The molecule has 0 aliphatic carbocycles. The number of ketones is 1. The van der Waals surface area contributed by atoms with Gasteiger partial charge in [0.1, 0.15) is 23.7 Å². The van der Waals surface area contributed by atoms with E-state index in [0.29, 0.717) is 18.1 Å². The molecule has 0 unspecified atom stereocenters. The van der Waals surface area contributed by atoms with Gasteiger partial charge in [0.2, 0.25) is 10.0 Å². The summed E-state index contributed by atoms with van der Waals surface area (Å²) in [6.45, 7) is 9.03. The summed E-state index contributed by atoms with van der Waals surface area (Å²) in [5.74, 6) is 0.655. The molecule has 0 heterocycles. The molecule has 0 aliphatic rings. The van der Waals surface area contributed by atoms with Crippen LogP contribution in [0.3, 0.4) is 0 Å². The number of amides is 1. The van der Waals surface area contributed by atoms with E-state index >= 15 is 0 Å². The first-order chi connectivity index (χ1) is 20.3. The van der Waals surface area contributed by atoms with Crippen molar-refractivity contribution in [2.45, 2.75) is 64.2 Å². The molecule has 3 aromatic carbocycles. The third-order valence-electron chi connectivity index (χ3n) is 6.29. The molecular formula is C33H42N2O7S. The summed E-state index contributed by atoms with van der Waals surface area (Å²) in [6.07, 6.45) is -0.628. The standard InChI is InChI=1S/C33H42N2O7S/c1-24(2)21-35(43(38,39)29-18-16-27(40-6)17-19-29)22-31(36)30(34-32(37)42-33(3,4)5)20-25-12-14-28(15-13-25)41-23-26-10-8-7-9-11-26/h7-19,24,30H,20-23H2,1-6H3,(H,34,37)/t30-/m0/s1. The average Bonchev–Trinajstić information content (AvgIpc) is 2.95. The molecule has 1 N–H and O–H groups in total. The Balaban J connectivity index is 1.81. The molecular weight excluding hydrogens is 568 g/mol. The molecule has 10 heteroatoms. The first kappa shape index (κ1) is 33.6. The molecule has 0 saturated carbocycles. The van der Waals surface area contributed by atoms with Crippen molar-refractivity contribution in [3.8, 4) is 11.5 Å². The molecule has 0 spiro atoms. The number of benzene rings is 3. The van der Waals surface area contributed by atoms with Gasteiger partial charge < -0.3 is 19.5 Å². The van der Waals surface area contributed by atoms with Crippen molar-refractivity contribution in [2.75, 3.05) is 20.2 Å². The highest BCUT2D eigenvalue weighted by Gasteiger charge is 2.32. The van der Waals surface area contributed by atoms with Crippen molar-refractivity contribution in [1.29, 1.82) is 0 Å². The third-order valence-corrected chi connectivity index (χ3v) is 8.12. The zero-order valence-corrected chi connectivity index (χ0v) is 26.5. The lowest BCUT2D eigenvalue weighted by molar-refractivity contribution is -0.121. The highest BCUT2D eigenvalue weighted by atomic mass is 32.2. The van der Waals surface area contributed by atoms with Gasteiger partial charge in [-0.2, -0.15) is 4.31 Å². The van der Waals surface area contributed by atoms with E-state index in [-0.39, 0.29) is 23.8 Å². The minimum Gasteiger partial charge on any atom is -0.497 e. The molecule has 0 saturated heterocycles. The zero-order chi connectivity index (χ0) is 31.6. The minimum atomic E-state index is -4.02. The van der Waals surface area contributed by atoms with Crippen molar-refractivity contribution < 1.29 is 32.2 Å². The molecule has 3 aromatic rings. The van der Waals surface area contributed by atoms with Crippen LogP contribution in [0.25, 0.3) is 0 Å². The lowest BCUT2D eigenvalue weighted by Crippen LogP contribution is -2.49. The smallest absolute Gasteiger partial charge is 0.408 e. The predicted octanol–water partition coefficient (Wildman–Crippen LogP) is 5.63. The molecule has 9 nitrogen and oxygen atoms in total. The Bertz CT molecular complexity index is 1430. The van der Waals surface area contributed by atoms with Gasteiger partial charge in [-0.05, 0) is 80.6 Å². The normalized spacial score (nSPS) is 12.6. The van der Waals surface area contributed by atoms with E-state index in [2.05, 4.69) is 5.32 Å². The number of sulfonamides is 1. The maximum Gasteiger partial charge on any atom is 0.408 e. The number of hydrogen-bond acceptors (Lipinski definition) is 7. The topological polar surface area (TPSA) is 111 Å². The van der Waals surface area contributed by atoms with Crippen LogP contribution in [-0.4, -0.2) is 56.4 Å². The van der Waals surface area contributed by atoms with Gasteiger partial charge in [-0.1, -0.05) is 56.3 Å². The minimum absolute atomic E-state index is 0.0458. The van der Waals surface area contributed by atoms with Crippen molar-refractivity contribution in [3.63, 3.8) is 0 Å². The number of methoxy groups -OCH3 is 1. The summed E-state index contributed by atoms with van der Waals surface area (Å²) in [6, 6.07) is 22.0. The average molecular weight is 611 g/mol. The van der Waals surface area contributed by atoms with Crippen LogP contribution in [0.1, 0.15) is 45.7 Å². The summed E-state index contributed by atoms with van der Waals surface area (Å²) in [5, 5.41) is 2.67. The highest BCUT2D eigenvalue weighted by molar-refractivity contribution is 7.89. The Labute approximate surface area is 255 Å². The molecule has 0 aromatic heterocycles. The van der Waals surface area contributed by atoms with E-state index in [1.165, 1.54) is 19.2 Å². The van der Waals surface area contributed by atoms with Crippen LogP contribution in [0.4, 0.5) is 4.79 Å². The molecule has 1 atom stereocenters. The lowest BCUT2D eigenvalue weighted by Gasteiger charge is -2.27. The number of carbonyl (C=O) groups is 2. The number of rotatable bonds is 14. The Morgan fingerprint density at radius 3 is 2.02 bits per heavy atom. The Morgan fingerprint density at radius 2 is 1.47 bits per heavy atom. The van der Waals surface area contributed by atoms with E-state index in [4.69, 9.17) is 14.2 Å². The molecule has 0 radical (unpaired) electrons. The van der Waals surface area contributed by atoms with Gasteiger partial charge in [-0.25, -0.2) is 13.2 Å². The van der Waals surface area contributed by atoms with Crippen molar-refractivity contribution in [2.24, 2.45) is 5.92 Å². The summed E-state index contributed by atoms with van der Waals surface area (Å²) in [4.78, 5) is 26.5. The van der Waals surface area contributed by atoms with Crippen molar-refractivity contribution in [1.82, 2.24) is 9.62 Å². The summed E-state index contributed by atoms with van der Waals surface area (Å²) >= 11 is 0. The third kappa shape index (κ3) is 10.7. The fourth-order valence-corrected chi connectivity index (χ4v) is 5.80. The monoisotopic (exact) mass is 610 g/mol. The van der Waals surface area contributed by atoms with E-state index in [0.717, 1.165) is 15.4 Å². The van der Waals surface area contributed by atoms with Crippen LogP contribution in [0, 0.1) is 5.92 Å². The van der Waals surface area contributed by atoms with Crippen molar-refractivity contribution >= 4 is 21.9 Å². The van der Waals surface area contributed by atoms with Crippen LogP contribution in [0.5, 0.6) is 11.5 Å². The maximum atomic E-state index is 13.7. The quantitative estimate of drug-likeness (QED) is 0.252. The van der Waals surface area contributed by atoms with Crippen LogP contribution in [-0.2, 0) is 32.6 Å². The molecule has 3 rings (SSSR count). The predicted molar refractivity (Wildman–Crippen MR) is 166 cm³/mol. The number of ether oxygens (including phenoxy) is 3. The van der Waals surface area contributed by atoms with E-state index < -0.39 is 40.1 Å². The molecule has 1 amide bonds. The fourth-order valence-electron chi connectivity index (χ4n) is 4.23. The highest BCUT2D eigenvalue weighted by Crippen LogP contribution is 2.22. The van der Waals surface area contributed by atoms with Crippen LogP contribution in [0.2, 0.25) is 0 Å². The summed E-state index contributed by atoms with van der Waals surface area (Å²) in [7, 11) is -2.52. The fraction of sp³-hybridized carbons (Fsp3) is 0.394. The number of carbonyl (C=O) groups excluding carboxylic acids is 2. The molecule has 232 valence electrons. The van der Waals surface area contributed by atoms with Gasteiger partial charge >= 0.3 is 6.09 Å². The second-order valence-corrected chi connectivity index (χ2v) is 13.6. The summed E-state index contributed by atoms with van der Waals surface area (Å²) < 4.78 is 44.8. The van der Waals surface area contributed by atoms with Gasteiger partial charge in [0.15, 0.2) is 5.78 Å². The number of nitrogens with zero attached hydrogens (tertiary/aromatic N) is 1. The Hall–Kier alpha value is -3.89. The zero-order valence-electron chi connectivity index (χ0n) is 25.7. The van der Waals surface area contributed by atoms with Gasteiger partial charge in [0.25, 0.3) is 0 Å². The lowest BCUT2D eigenvalue weighted by atomic mass is 10.0. The number of hydrogen-bond donors (Lipinski definition) is 1.